The summed E-state index contributed by atoms with van der Waals surface area (Å²) in [5.74, 6) is 1.57. The molecule has 8 heteroatoms. The number of hydrogen-bond acceptors (Lipinski definition) is 6. The molecule has 0 N–H and O–H groups in total. The molecule has 0 bridgehead atoms. The van der Waals surface area contributed by atoms with Crippen molar-refractivity contribution in [3.63, 3.8) is 0 Å². The molecule has 6 rings (SSSR count). The SMILES string of the molecule is COCCCN(Cc1cc2cc3c(cc2nc1-c1cccs1)OCO3)C(=O)C1(c2ccc(Cl)cc2)CC1. The minimum Gasteiger partial charge on any atom is -0.454 e. The van der Waals surface area contributed by atoms with Gasteiger partial charge in [0.05, 0.1) is 21.5 Å². The van der Waals surface area contributed by atoms with Crippen LogP contribution in [-0.2, 0) is 21.5 Å². The first-order valence-electron chi connectivity index (χ1n) is 12.4. The number of hydrogen-bond donors (Lipinski definition) is 0. The largest absolute Gasteiger partial charge is 0.454 e. The van der Waals surface area contributed by atoms with Crippen molar-refractivity contribution in [2.45, 2.75) is 31.2 Å². The number of aromatic nitrogens is 1. The van der Waals surface area contributed by atoms with Gasteiger partial charge in [-0.1, -0.05) is 29.8 Å². The summed E-state index contributed by atoms with van der Waals surface area (Å²) in [6.07, 6.45) is 2.43. The Morgan fingerprint density at radius 1 is 1.14 bits per heavy atom. The Morgan fingerprint density at radius 2 is 1.92 bits per heavy atom. The Balaban J connectivity index is 1.39. The Labute approximate surface area is 224 Å². The second-order valence-electron chi connectivity index (χ2n) is 9.53. The average Bonchev–Trinajstić information content (AvgIpc) is 3.30. The molecule has 1 fully saturated rings. The van der Waals surface area contributed by atoms with Crippen LogP contribution in [0.1, 0.15) is 30.4 Å². The molecular formula is C29H27ClN2O4S. The van der Waals surface area contributed by atoms with E-state index in [1.165, 1.54) is 0 Å². The van der Waals surface area contributed by atoms with E-state index in [2.05, 4.69) is 12.1 Å². The minimum atomic E-state index is -0.489. The molecule has 0 unspecified atom stereocenters. The van der Waals surface area contributed by atoms with Gasteiger partial charge in [-0.3, -0.25) is 4.79 Å². The van der Waals surface area contributed by atoms with E-state index in [0.29, 0.717) is 30.5 Å². The highest BCUT2D eigenvalue weighted by Gasteiger charge is 2.53. The van der Waals surface area contributed by atoms with Crippen molar-refractivity contribution in [2.75, 3.05) is 27.1 Å². The molecule has 0 saturated heterocycles. The zero-order chi connectivity index (χ0) is 25.4. The first kappa shape index (κ1) is 24.2. The maximum atomic E-state index is 14.1. The van der Waals surface area contributed by atoms with E-state index in [0.717, 1.165) is 57.6 Å². The summed E-state index contributed by atoms with van der Waals surface area (Å²) < 4.78 is 16.5. The molecule has 6 nitrogen and oxygen atoms in total. The number of nitrogens with zero attached hydrogens (tertiary/aromatic N) is 2. The first-order chi connectivity index (χ1) is 18.1. The van der Waals surface area contributed by atoms with E-state index in [9.17, 15) is 4.79 Å². The summed E-state index contributed by atoms with van der Waals surface area (Å²) in [5, 5.41) is 3.68. The second kappa shape index (κ2) is 9.97. The van der Waals surface area contributed by atoms with Crippen molar-refractivity contribution in [2.24, 2.45) is 0 Å². The number of fused-ring (bicyclic) bond motifs is 2. The number of pyridine rings is 1. The fraction of sp³-hybridized carbons (Fsp3) is 0.310. The quantitative estimate of drug-likeness (QED) is 0.231. The number of amides is 1. The van der Waals surface area contributed by atoms with Gasteiger partial charge in [0, 0.05) is 43.3 Å². The van der Waals surface area contributed by atoms with Crippen molar-refractivity contribution in [1.82, 2.24) is 9.88 Å². The van der Waals surface area contributed by atoms with Crippen LogP contribution in [0.15, 0.2) is 60.0 Å². The van der Waals surface area contributed by atoms with Gasteiger partial charge in [0.15, 0.2) is 11.5 Å². The van der Waals surface area contributed by atoms with Crippen LogP contribution in [0, 0.1) is 0 Å². The van der Waals surface area contributed by atoms with Gasteiger partial charge in [0.25, 0.3) is 0 Å². The fourth-order valence-electron chi connectivity index (χ4n) is 5.04. The summed E-state index contributed by atoms with van der Waals surface area (Å²) in [5.41, 5.74) is 3.28. The molecule has 0 atom stereocenters. The van der Waals surface area contributed by atoms with Gasteiger partial charge in [-0.05, 0) is 66.1 Å². The lowest BCUT2D eigenvalue weighted by molar-refractivity contribution is -0.134. The molecule has 37 heavy (non-hydrogen) atoms. The summed E-state index contributed by atoms with van der Waals surface area (Å²) in [6.45, 7) is 1.87. The number of thiophene rings is 1. The minimum absolute atomic E-state index is 0.147. The zero-order valence-electron chi connectivity index (χ0n) is 20.5. The molecule has 4 aromatic rings. The highest BCUT2D eigenvalue weighted by atomic mass is 35.5. The van der Waals surface area contributed by atoms with Crippen molar-refractivity contribution in [3.05, 3.63) is 76.1 Å². The van der Waals surface area contributed by atoms with Gasteiger partial charge >= 0.3 is 0 Å². The van der Waals surface area contributed by atoms with Gasteiger partial charge in [-0.25, -0.2) is 4.98 Å². The molecule has 1 amide bonds. The third kappa shape index (κ3) is 4.67. The van der Waals surface area contributed by atoms with Crippen molar-refractivity contribution >= 4 is 39.7 Å². The topological polar surface area (TPSA) is 60.9 Å². The Morgan fingerprint density at radius 3 is 2.62 bits per heavy atom. The van der Waals surface area contributed by atoms with Gasteiger partial charge in [-0.15, -0.1) is 11.3 Å². The molecule has 2 aromatic carbocycles. The van der Waals surface area contributed by atoms with Crippen LogP contribution in [0.25, 0.3) is 21.5 Å². The lowest BCUT2D eigenvalue weighted by Crippen LogP contribution is -2.40. The van der Waals surface area contributed by atoms with Gasteiger partial charge in [-0.2, -0.15) is 0 Å². The first-order valence-corrected chi connectivity index (χ1v) is 13.6. The summed E-state index contributed by atoms with van der Waals surface area (Å²) >= 11 is 7.78. The van der Waals surface area contributed by atoms with E-state index in [1.54, 1.807) is 18.4 Å². The van der Waals surface area contributed by atoms with Crippen LogP contribution in [-0.4, -0.2) is 42.8 Å². The lowest BCUT2D eigenvalue weighted by atomic mass is 9.93. The molecule has 3 heterocycles. The highest BCUT2D eigenvalue weighted by Crippen LogP contribution is 2.50. The van der Waals surface area contributed by atoms with Crippen LogP contribution in [0.4, 0.5) is 0 Å². The molecule has 1 aliphatic heterocycles. The third-order valence-corrected chi connectivity index (χ3v) is 8.25. The summed E-state index contributed by atoms with van der Waals surface area (Å²) in [6, 6.07) is 17.8. The predicted octanol–water partition coefficient (Wildman–Crippen LogP) is 6.44. The highest BCUT2D eigenvalue weighted by molar-refractivity contribution is 7.13. The van der Waals surface area contributed by atoms with Crippen LogP contribution in [0.2, 0.25) is 5.02 Å². The Hall–Kier alpha value is -3.13. The van der Waals surface area contributed by atoms with Crippen molar-refractivity contribution in [3.8, 4) is 22.1 Å². The van der Waals surface area contributed by atoms with Crippen LogP contribution in [0.5, 0.6) is 11.5 Å². The van der Waals surface area contributed by atoms with Crippen LogP contribution < -0.4 is 9.47 Å². The molecule has 2 aliphatic rings. The van der Waals surface area contributed by atoms with E-state index < -0.39 is 5.41 Å². The number of benzene rings is 2. The Kier molecular flexibility index (Phi) is 6.53. The van der Waals surface area contributed by atoms with Gasteiger partial charge < -0.3 is 19.1 Å². The number of carbonyl (C=O) groups is 1. The molecule has 1 aliphatic carbocycles. The fourth-order valence-corrected chi connectivity index (χ4v) is 5.91. The van der Waals surface area contributed by atoms with Crippen LogP contribution >= 0.6 is 22.9 Å². The van der Waals surface area contributed by atoms with E-state index in [1.807, 2.05) is 52.7 Å². The Bertz CT molecular complexity index is 1430. The van der Waals surface area contributed by atoms with Crippen molar-refractivity contribution < 1.29 is 19.0 Å². The maximum absolute atomic E-state index is 14.1. The maximum Gasteiger partial charge on any atom is 0.233 e. The van der Waals surface area contributed by atoms with Crippen molar-refractivity contribution in [1.29, 1.82) is 0 Å². The van der Waals surface area contributed by atoms with E-state index >= 15 is 0 Å². The number of halogens is 1. The van der Waals surface area contributed by atoms with Gasteiger partial charge in [0.2, 0.25) is 12.7 Å². The van der Waals surface area contributed by atoms with Crippen LogP contribution in [0.3, 0.4) is 0 Å². The second-order valence-corrected chi connectivity index (χ2v) is 10.9. The van der Waals surface area contributed by atoms with E-state index in [-0.39, 0.29) is 12.7 Å². The molecule has 0 radical (unpaired) electrons. The van der Waals surface area contributed by atoms with Gasteiger partial charge in [0.1, 0.15) is 0 Å². The summed E-state index contributed by atoms with van der Waals surface area (Å²) in [4.78, 5) is 22.2. The molecule has 2 aromatic heterocycles. The number of carbonyl (C=O) groups excluding carboxylic acids is 1. The molecule has 0 spiro atoms. The molecule has 1 saturated carbocycles. The summed E-state index contributed by atoms with van der Waals surface area (Å²) in [7, 11) is 1.69. The monoisotopic (exact) mass is 534 g/mol. The molecule has 190 valence electrons. The predicted molar refractivity (Wildman–Crippen MR) is 145 cm³/mol. The molecular weight excluding hydrogens is 508 g/mol. The smallest absolute Gasteiger partial charge is 0.233 e. The standard InChI is InChI=1S/C29H27ClN2O4S/c1-34-12-3-11-32(28(33)29(9-10-29)21-5-7-22(30)8-6-21)17-20-14-19-15-24-25(36-18-35-24)16-23(19)31-27(20)26-4-2-13-37-26/h2,4-8,13-16H,3,9-12,17-18H2,1H3. The third-order valence-electron chi connectivity index (χ3n) is 7.12. The number of ether oxygens (including phenoxy) is 3. The zero-order valence-corrected chi connectivity index (χ0v) is 22.1. The number of rotatable bonds is 9. The van der Waals surface area contributed by atoms with E-state index in [4.69, 9.17) is 30.8 Å². The lowest BCUT2D eigenvalue weighted by Gasteiger charge is -2.29. The average molecular weight is 535 g/mol. The normalized spacial score (nSPS) is 15.2. The number of methoxy groups -OCH3 is 1.